The maximum Gasteiger partial charge on any atom is 0.340 e. The summed E-state index contributed by atoms with van der Waals surface area (Å²) in [5.41, 5.74) is -1.24. The lowest BCUT2D eigenvalue weighted by molar-refractivity contribution is -0.0411. The molecule has 0 fully saturated rings. The highest BCUT2D eigenvalue weighted by Crippen LogP contribution is 2.49. The maximum absolute atomic E-state index is 16.0. The first-order valence-corrected chi connectivity index (χ1v) is 8.85. The van der Waals surface area contributed by atoms with E-state index in [9.17, 15) is 9.59 Å². The van der Waals surface area contributed by atoms with E-state index in [0.29, 0.717) is 0 Å². The van der Waals surface area contributed by atoms with Gasteiger partial charge in [0, 0.05) is 16.7 Å². The van der Waals surface area contributed by atoms with E-state index in [-0.39, 0.29) is 22.3 Å². The minimum absolute atomic E-state index is 0.0971. The Balaban J connectivity index is 2.00. The quantitative estimate of drug-likeness (QED) is 0.681. The number of hydrogen-bond acceptors (Lipinski definition) is 2. The Morgan fingerprint density at radius 2 is 1.61 bits per heavy atom. The molecular formula is C23H17F2NO2. The van der Waals surface area contributed by atoms with Crippen molar-refractivity contribution in [3.63, 3.8) is 0 Å². The average Bonchev–Trinajstić information content (AvgIpc) is 3.02. The zero-order chi connectivity index (χ0) is 19.9. The molecule has 0 aliphatic carbocycles. The van der Waals surface area contributed by atoms with Gasteiger partial charge in [0.25, 0.3) is 5.91 Å². The zero-order valence-electron chi connectivity index (χ0n) is 15.1. The number of fused-ring (bicyclic) bond motifs is 1. The molecule has 0 saturated carbocycles. The Kier molecular flexibility index (Phi) is 4.11. The molecule has 28 heavy (non-hydrogen) atoms. The average molecular weight is 377 g/mol. The number of amides is 1. The summed E-state index contributed by atoms with van der Waals surface area (Å²) >= 11 is 0. The summed E-state index contributed by atoms with van der Waals surface area (Å²) in [6, 6.07) is 20.1. The third-order valence-electron chi connectivity index (χ3n) is 5.12. The molecule has 0 bridgehead atoms. The van der Waals surface area contributed by atoms with E-state index in [1.807, 2.05) is 0 Å². The Morgan fingerprint density at radius 1 is 0.929 bits per heavy atom. The van der Waals surface area contributed by atoms with E-state index >= 15 is 8.78 Å². The van der Waals surface area contributed by atoms with Gasteiger partial charge in [-0.05, 0) is 18.6 Å². The molecule has 3 aromatic rings. The highest BCUT2D eigenvalue weighted by molar-refractivity contribution is 6.07. The second-order valence-corrected chi connectivity index (χ2v) is 6.89. The van der Waals surface area contributed by atoms with Crippen molar-refractivity contribution in [3.05, 3.63) is 107 Å². The fourth-order valence-electron chi connectivity index (χ4n) is 3.79. The Labute approximate surface area is 161 Å². The molecule has 1 atom stereocenters. The number of halogens is 2. The van der Waals surface area contributed by atoms with E-state index in [2.05, 4.69) is 5.32 Å². The van der Waals surface area contributed by atoms with Gasteiger partial charge < -0.3 is 5.32 Å². The summed E-state index contributed by atoms with van der Waals surface area (Å²) in [5.74, 6) is -5.88. The van der Waals surface area contributed by atoms with Crippen molar-refractivity contribution in [2.45, 2.75) is 18.4 Å². The monoisotopic (exact) mass is 377 g/mol. The topological polar surface area (TPSA) is 46.2 Å². The van der Waals surface area contributed by atoms with Crippen LogP contribution >= 0.6 is 0 Å². The molecule has 1 aliphatic rings. The highest BCUT2D eigenvalue weighted by atomic mass is 19.3. The molecule has 1 amide bonds. The van der Waals surface area contributed by atoms with Crippen LogP contribution in [0.5, 0.6) is 0 Å². The molecule has 1 N–H and O–H groups in total. The summed E-state index contributed by atoms with van der Waals surface area (Å²) < 4.78 is 31.9. The SMILES string of the molecule is Cc1cccc(C2(C(F)(F)C(=O)c3ccccc3)NC(=O)c3ccccc32)c1. The number of aryl methyl sites for hydroxylation is 1. The number of Topliss-reactive ketones (excluding diaryl/α,β-unsaturated/α-hetero) is 1. The number of carbonyl (C=O) groups is 2. The van der Waals surface area contributed by atoms with Gasteiger partial charge in [0.15, 0.2) is 5.54 Å². The van der Waals surface area contributed by atoms with E-state index in [1.54, 1.807) is 43.3 Å². The van der Waals surface area contributed by atoms with Crippen LogP contribution in [-0.2, 0) is 5.54 Å². The summed E-state index contributed by atoms with van der Waals surface area (Å²) in [5, 5.41) is 2.46. The maximum atomic E-state index is 16.0. The Bertz CT molecular complexity index is 1080. The first-order valence-electron chi connectivity index (χ1n) is 8.85. The largest absolute Gasteiger partial charge is 0.340 e. The van der Waals surface area contributed by atoms with Gasteiger partial charge in [-0.3, -0.25) is 9.59 Å². The first-order chi connectivity index (χ1) is 13.4. The second kappa shape index (κ2) is 6.37. The molecule has 140 valence electrons. The van der Waals surface area contributed by atoms with Crippen LogP contribution in [0.1, 0.15) is 37.4 Å². The number of benzene rings is 3. The highest BCUT2D eigenvalue weighted by Gasteiger charge is 2.65. The minimum Gasteiger partial charge on any atom is -0.333 e. The smallest absolute Gasteiger partial charge is 0.333 e. The fourth-order valence-corrected chi connectivity index (χ4v) is 3.79. The van der Waals surface area contributed by atoms with Crippen LogP contribution in [-0.4, -0.2) is 17.6 Å². The Morgan fingerprint density at radius 3 is 2.32 bits per heavy atom. The number of hydrogen-bond donors (Lipinski definition) is 1. The van der Waals surface area contributed by atoms with E-state index < -0.39 is 23.2 Å². The van der Waals surface area contributed by atoms with Crippen LogP contribution < -0.4 is 5.32 Å². The number of carbonyl (C=O) groups excluding carboxylic acids is 2. The predicted octanol–water partition coefficient (Wildman–Crippen LogP) is 4.50. The van der Waals surface area contributed by atoms with Gasteiger partial charge in [0.2, 0.25) is 5.78 Å². The van der Waals surface area contributed by atoms with Gasteiger partial charge in [-0.1, -0.05) is 78.4 Å². The van der Waals surface area contributed by atoms with Crippen LogP contribution in [0.3, 0.4) is 0 Å². The van der Waals surface area contributed by atoms with Gasteiger partial charge in [0.1, 0.15) is 0 Å². The van der Waals surface area contributed by atoms with Gasteiger partial charge in [-0.25, -0.2) is 0 Å². The van der Waals surface area contributed by atoms with E-state index in [4.69, 9.17) is 0 Å². The van der Waals surface area contributed by atoms with Crippen molar-refractivity contribution in [1.29, 1.82) is 0 Å². The molecule has 0 spiro atoms. The number of alkyl halides is 2. The third-order valence-corrected chi connectivity index (χ3v) is 5.12. The molecule has 1 heterocycles. The van der Waals surface area contributed by atoms with Crippen LogP contribution in [0.25, 0.3) is 0 Å². The molecule has 4 rings (SSSR count). The van der Waals surface area contributed by atoms with Crippen LogP contribution in [0.15, 0.2) is 78.9 Å². The Hall–Kier alpha value is -3.34. The van der Waals surface area contributed by atoms with E-state index in [1.165, 1.54) is 42.5 Å². The molecule has 0 radical (unpaired) electrons. The molecule has 3 nitrogen and oxygen atoms in total. The molecule has 5 heteroatoms. The standard InChI is InChI=1S/C23H17F2NO2/c1-15-8-7-11-17(14-15)22(19-13-6-5-12-18(19)21(28)26-22)23(24,25)20(27)16-9-3-2-4-10-16/h2-14H,1H3,(H,26,28). The number of nitrogens with one attached hydrogen (secondary N) is 1. The minimum atomic E-state index is -3.91. The van der Waals surface area contributed by atoms with Crippen molar-refractivity contribution in [2.24, 2.45) is 0 Å². The van der Waals surface area contributed by atoms with E-state index in [0.717, 1.165) is 5.56 Å². The number of ketones is 1. The zero-order valence-corrected chi connectivity index (χ0v) is 15.1. The van der Waals surface area contributed by atoms with Crippen molar-refractivity contribution in [3.8, 4) is 0 Å². The second-order valence-electron chi connectivity index (χ2n) is 6.89. The predicted molar refractivity (Wildman–Crippen MR) is 102 cm³/mol. The number of rotatable bonds is 4. The lowest BCUT2D eigenvalue weighted by atomic mass is 9.75. The molecule has 0 aromatic heterocycles. The van der Waals surface area contributed by atoms with Crippen molar-refractivity contribution in [1.82, 2.24) is 5.32 Å². The van der Waals surface area contributed by atoms with Gasteiger partial charge >= 0.3 is 5.92 Å². The van der Waals surface area contributed by atoms with Crippen molar-refractivity contribution >= 4 is 11.7 Å². The van der Waals surface area contributed by atoms with Crippen molar-refractivity contribution < 1.29 is 18.4 Å². The van der Waals surface area contributed by atoms with Gasteiger partial charge in [0.05, 0.1) is 0 Å². The summed E-state index contributed by atoms with van der Waals surface area (Å²) in [7, 11) is 0. The lowest BCUT2D eigenvalue weighted by Gasteiger charge is -2.37. The summed E-state index contributed by atoms with van der Waals surface area (Å²) in [6.45, 7) is 1.77. The molecule has 1 aliphatic heterocycles. The van der Waals surface area contributed by atoms with Crippen LogP contribution in [0, 0.1) is 6.92 Å². The van der Waals surface area contributed by atoms with Gasteiger partial charge in [-0.15, -0.1) is 0 Å². The summed E-state index contributed by atoms with van der Waals surface area (Å²) in [6.07, 6.45) is 0. The van der Waals surface area contributed by atoms with Crippen LogP contribution in [0.4, 0.5) is 8.78 Å². The third kappa shape index (κ3) is 2.47. The van der Waals surface area contributed by atoms with Crippen molar-refractivity contribution in [2.75, 3.05) is 0 Å². The molecule has 0 saturated heterocycles. The summed E-state index contributed by atoms with van der Waals surface area (Å²) in [4.78, 5) is 25.5. The fraction of sp³-hybridized carbons (Fsp3) is 0.130. The molecule has 3 aromatic carbocycles. The molecule has 1 unspecified atom stereocenters. The first kappa shape index (κ1) is 18.0. The normalized spacial score (nSPS) is 18.5. The molecular weight excluding hydrogens is 360 g/mol. The van der Waals surface area contributed by atoms with Gasteiger partial charge in [-0.2, -0.15) is 8.78 Å². The van der Waals surface area contributed by atoms with Crippen LogP contribution in [0.2, 0.25) is 0 Å². The lowest BCUT2D eigenvalue weighted by Crippen LogP contribution is -2.58.